The molecule has 1 atom stereocenters. The third kappa shape index (κ3) is 3.30. The molecule has 124 valence electrons. The summed E-state index contributed by atoms with van der Waals surface area (Å²) in [6.07, 6.45) is -0.777. The van der Waals surface area contributed by atoms with Crippen LogP contribution in [-0.2, 0) is 4.74 Å². The normalized spacial score (nSPS) is 11.5. The molecule has 0 saturated carbocycles. The number of hydrogen-bond acceptors (Lipinski definition) is 5. The van der Waals surface area contributed by atoms with Gasteiger partial charge in [0.15, 0.2) is 6.10 Å². The molecular weight excluding hydrogens is 308 g/mol. The van der Waals surface area contributed by atoms with Crippen LogP contribution in [0.3, 0.4) is 0 Å². The Morgan fingerprint density at radius 3 is 2.62 bits per heavy atom. The predicted molar refractivity (Wildman–Crippen MR) is 87.2 cm³/mol. The lowest BCUT2D eigenvalue weighted by atomic mass is 10.1. The van der Waals surface area contributed by atoms with E-state index in [2.05, 4.69) is 4.98 Å². The van der Waals surface area contributed by atoms with Gasteiger partial charge in [0.1, 0.15) is 5.75 Å². The van der Waals surface area contributed by atoms with Gasteiger partial charge in [-0.3, -0.25) is 4.79 Å². The van der Waals surface area contributed by atoms with Gasteiger partial charge in [-0.25, -0.2) is 4.79 Å². The van der Waals surface area contributed by atoms with Gasteiger partial charge in [0.05, 0.1) is 30.0 Å². The maximum Gasteiger partial charge on any atom is 0.339 e. The van der Waals surface area contributed by atoms with E-state index in [-0.39, 0.29) is 5.78 Å². The molecule has 0 spiro atoms. The van der Waals surface area contributed by atoms with Crippen LogP contribution in [0.2, 0.25) is 0 Å². The lowest BCUT2D eigenvalue weighted by Crippen LogP contribution is -2.25. The molecule has 1 unspecified atom stereocenters. The SMILES string of the molecule is COC(=O)c1c(C)[nH]c(C(=O)C(C)Oc2cccc(C#N)c2)c1C. The number of Topliss-reactive ketones (excluding diaryl/α,β-unsaturated/α-hetero) is 1. The molecule has 1 N–H and O–H groups in total. The van der Waals surface area contributed by atoms with Crippen LogP contribution in [0.15, 0.2) is 24.3 Å². The lowest BCUT2D eigenvalue weighted by molar-refractivity contribution is 0.0599. The van der Waals surface area contributed by atoms with Crippen molar-refractivity contribution in [2.75, 3.05) is 7.11 Å². The Balaban J connectivity index is 2.25. The average Bonchev–Trinajstić information content (AvgIpc) is 2.88. The van der Waals surface area contributed by atoms with Gasteiger partial charge in [0, 0.05) is 5.69 Å². The molecule has 1 aromatic heterocycles. The van der Waals surface area contributed by atoms with Gasteiger partial charge in [-0.15, -0.1) is 0 Å². The number of rotatable bonds is 5. The van der Waals surface area contributed by atoms with Gasteiger partial charge in [0.2, 0.25) is 5.78 Å². The number of ether oxygens (including phenoxy) is 2. The number of aromatic amines is 1. The van der Waals surface area contributed by atoms with E-state index in [1.54, 1.807) is 45.0 Å². The monoisotopic (exact) mass is 326 g/mol. The van der Waals surface area contributed by atoms with Crippen molar-refractivity contribution in [3.05, 3.63) is 52.3 Å². The number of nitrogens with zero attached hydrogens (tertiary/aromatic N) is 1. The van der Waals surface area contributed by atoms with Crippen molar-refractivity contribution in [1.82, 2.24) is 4.98 Å². The Kier molecular flexibility index (Phi) is 5.05. The number of carbonyl (C=O) groups excluding carboxylic acids is 2. The first-order chi connectivity index (χ1) is 11.4. The highest BCUT2D eigenvalue weighted by molar-refractivity contribution is 6.03. The van der Waals surface area contributed by atoms with Crippen molar-refractivity contribution in [3.8, 4) is 11.8 Å². The van der Waals surface area contributed by atoms with E-state index in [1.807, 2.05) is 6.07 Å². The second kappa shape index (κ2) is 7.01. The third-order valence-corrected chi connectivity index (χ3v) is 3.72. The minimum absolute atomic E-state index is 0.284. The topological polar surface area (TPSA) is 92.2 Å². The van der Waals surface area contributed by atoms with Crippen LogP contribution in [0, 0.1) is 25.2 Å². The van der Waals surface area contributed by atoms with E-state index in [9.17, 15) is 9.59 Å². The standard InChI is InChI=1S/C18H18N2O4/c1-10-15(18(22)23-4)11(2)20-16(10)17(21)12(3)24-14-7-5-6-13(8-14)9-19/h5-8,12,20H,1-4H3. The molecule has 1 aromatic carbocycles. The van der Waals surface area contributed by atoms with Crippen LogP contribution < -0.4 is 4.74 Å². The zero-order valence-corrected chi connectivity index (χ0v) is 14.0. The fourth-order valence-electron chi connectivity index (χ4n) is 2.50. The Bertz CT molecular complexity index is 830. The number of aromatic nitrogens is 1. The van der Waals surface area contributed by atoms with Gasteiger partial charge < -0.3 is 14.5 Å². The first-order valence-corrected chi connectivity index (χ1v) is 7.37. The van der Waals surface area contributed by atoms with Crippen molar-refractivity contribution < 1.29 is 19.1 Å². The summed E-state index contributed by atoms with van der Waals surface area (Å²) in [5.74, 6) is -0.340. The summed E-state index contributed by atoms with van der Waals surface area (Å²) in [5, 5.41) is 8.91. The van der Waals surface area contributed by atoms with Crippen molar-refractivity contribution in [2.45, 2.75) is 26.9 Å². The zero-order chi connectivity index (χ0) is 17.9. The molecule has 0 fully saturated rings. The van der Waals surface area contributed by atoms with Crippen molar-refractivity contribution in [2.24, 2.45) is 0 Å². The molecule has 24 heavy (non-hydrogen) atoms. The number of hydrogen-bond donors (Lipinski definition) is 1. The number of methoxy groups -OCH3 is 1. The Labute approximate surface area is 140 Å². The summed E-state index contributed by atoms with van der Waals surface area (Å²) in [6, 6.07) is 8.60. The third-order valence-electron chi connectivity index (χ3n) is 3.72. The first-order valence-electron chi connectivity index (χ1n) is 7.37. The number of benzene rings is 1. The minimum Gasteiger partial charge on any atom is -0.482 e. The zero-order valence-electron chi connectivity index (χ0n) is 14.0. The van der Waals surface area contributed by atoms with Crippen LogP contribution in [0.1, 0.15) is 44.6 Å². The number of aryl methyl sites for hydroxylation is 1. The number of carbonyl (C=O) groups is 2. The first kappa shape index (κ1) is 17.3. The number of nitrogens with one attached hydrogen (secondary N) is 1. The molecule has 6 heteroatoms. The molecular formula is C18H18N2O4. The van der Waals surface area contributed by atoms with E-state index in [1.165, 1.54) is 7.11 Å². The van der Waals surface area contributed by atoms with Gasteiger partial charge in [-0.1, -0.05) is 6.07 Å². The summed E-state index contributed by atoms with van der Waals surface area (Å²) in [5.41, 5.74) is 2.23. The van der Waals surface area contributed by atoms with Gasteiger partial charge in [0.25, 0.3) is 0 Å². The number of esters is 1. The molecule has 0 saturated heterocycles. The van der Waals surface area contributed by atoms with Crippen molar-refractivity contribution in [3.63, 3.8) is 0 Å². The Hall–Kier alpha value is -3.07. The summed E-state index contributed by atoms with van der Waals surface area (Å²) in [4.78, 5) is 27.4. The van der Waals surface area contributed by atoms with Crippen LogP contribution >= 0.6 is 0 Å². The second-order valence-electron chi connectivity index (χ2n) is 5.38. The van der Waals surface area contributed by atoms with Gasteiger partial charge >= 0.3 is 5.97 Å². The summed E-state index contributed by atoms with van der Waals surface area (Å²) >= 11 is 0. The largest absolute Gasteiger partial charge is 0.482 e. The number of nitriles is 1. The number of H-pyrrole nitrogens is 1. The Morgan fingerprint density at radius 2 is 2.00 bits per heavy atom. The van der Waals surface area contributed by atoms with Crippen LogP contribution in [0.25, 0.3) is 0 Å². The summed E-state index contributed by atoms with van der Waals surface area (Å²) in [7, 11) is 1.30. The van der Waals surface area contributed by atoms with E-state index in [0.717, 1.165) is 0 Å². The molecule has 6 nitrogen and oxygen atoms in total. The molecule has 0 radical (unpaired) electrons. The smallest absolute Gasteiger partial charge is 0.339 e. The van der Waals surface area contributed by atoms with E-state index in [4.69, 9.17) is 14.7 Å². The average molecular weight is 326 g/mol. The molecule has 2 rings (SSSR count). The lowest BCUT2D eigenvalue weighted by Gasteiger charge is -2.13. The van der Waals surface area contributed by atoms with E-state index < -0.39 is 12.1 Å². The van der Waals surface area contributed by atoms with Gasteiger partial charge in [-0.2, -0.15) is 5.26 Å². The highest BCUT2D eigenvalue weighted by atomic mass is 16.5. The second-order valence-corrected chi connectivity index (χ2v) is 5.38. The molecule has 0 bridgehead atoms. The molecule has 0 aliphatic heterocycles. The van der Waals surface area contributed by atoms with Crippen molar-refractivity contribution in [1.29, 1.82) is 5.26 Å². The van der Waals surface area contributed by atoms with E-state index >= 15 is 0 Å². The van der Waals surface area contributed by atoms with Gasteiger partial charge in [-0.05, 0) is 44.5 Å². The van der Waals surface area contributed by atoms with Crippen LogP contribution in [0.4, 0.5) is 0 Å². The van der Waals surface area contributed by atoms with Crippen LogP contribution in [0.5, 0.6) is 5.75 Å². The van der Waals surface area contributed by atoms with E-state index in [0.29, 0.717) is 33.8 Å². The highest BCUT2D eigenvalue weighted by Gasteiger charge is 2.26. The fourth-order valence-corrected chi connectivity index (χ4v) is 2.50. The summed E-state index contributed by atoms with van der Waals surface area (Å²) in [6.45, 7) is 5.01. The number of ketones is 1. The quantitative estimate of drug-likeness (QED) is 0.673. The van der Waals surface area contributed by atoms with Crippen molar-refractivity contribution >= 4 is 11.8 Å². The molecule has 0 aliphatic rings. The maximum atomic E-state index is 12.6. The maximum absolute atomic E-state index is 12.6. The predicted octanol–water partition coefficient (Wildman–Crippen LogP) is 2.94. The molecule has 0 aliphatic carbocycles. The summed E-state index contributed by atoms with van der Waals surface area (Å²) < 4.78 is 10.4. The molecule has 0 amide bonds. The van der Waals surface area contributed by atoms with Crippen LogP contribution in [-0.4, -0.2) is 30.0 Å². The highest BCUT2D eigenvalue weighted by Crippen LogP contribution is 2.22. The molecule has 2 aromatic rings. The minimum atomic E-state index is -0.777. The fraction of sp³-hybridized carbons (Fsp3) is 0.278. The Morgan fingerprint density at radius 1 is 1.29 bits per heavy atom. The molecule has 1 heterocycles.